The predicted molar refractivity (Wildman–Crippen MR) is 129 cm³/mol. The summed E-state index contributed by atoms with van der Waals surface area (Å²) in [5, 5.41) is 27.2. The van der Waals surface area contributed by atoms with Gasteiger partial charge in [-0.15, -0.1) is 0 Å². The summed E-state index contributed by atoms with van der Waals surface area (Å²) >= 11 is 3.63. The van der Waals surface area contributed by atoms with Crippen molar-refractivity contribution in [1.29, 1.82) is 0 Å². The number of aliphatic carboxylic acids is 1. The summed E-state index contributed by atoms with van der Waals surface area (Å²) < 4.78 is 0. The smallest absolute Gasteiger partial charge is 0.335 e. The highest BCUT2D eigenvalue weighted by molar-refractivity contribution is 7.99. The van der Waals surface area contributed by atoms with E-state index >= 15 is 0 Å². The molecule has 6 nitrogen and oxygen atoms in total. The number of aromatic carboxylic acids is 2. The molecule has 0 radical (unpaired) electrons. The zero-order chi connectivity index (χ0) is 23.3. The molecule has 32 heavy (non-hydrogen) atoms. The lowest BCUT2D eigenvalue weighted by Crippen LogP contribution is -2.06. The summed E-state index contributed by atoms with van der Waals surface area (Å²) in [7, 11) is 0. The minimum absolute atomic E-state index is 0.190. The van der Waals surface area contributed by atoms with Crippen LogP contribution in [0.2, 0.25) is 0 Å². The molecule has 1 atom stereocenters. The van der Waals surface area contributed by atoms with Crippen LogP contribution in [0.4, 0.5) is 0 Å². The van der Waals surface area contributed by atoms with Crippen molar-refractivity contribution in [1.82, 2.24) is 0 Å². The second-order valence-corrected chi connectivity index (χ2v) is 9.81. The molecule has 0 saturated heterocycles. The van der Waals surface area contributed by atoms with Crippen LogP contribution in [-0.4, -0.2) is 44.2 Å². The Kier molecular flexibility index (Phi) is 11.2. The molecule has 0 aliphatic carbocycles. The second-order valence-electron chi connectivity index (χ2n) is 7.42. The summed E-state index contributed by atoms with van der Waals surface area (Å²) in [4.78, 5) is 32.7. The van der Waals surface area contributed by atoms with Gasteiger partial charge in [-0.3, -0.25) is 4.79 Å². The van der Waals surface area contributed by atoms with E-state index < -0.39 is 17.9 Å². The fraction of sp³-hybridized carbons (Fsp3) is 0.375. The molecule has 2 aromatic rings. The molecule has 0 heterocycles. The number of hydrogen-bond acceptors (Lipinski definition) is 5. The maximum atomic E-state index is 11.0. The molecule has 0 aromatic heterocycles. The minimum atomic E-state index is -0.935. The topological polar surface area (TPSA) is 112 Å². The van der Waals surface area contributed by atoms with Crippen LogP contribution in [0.3, 0.4) is 0 Å². The van der Waals surface area contributed by atoms with Crippen molar-refractivity contribution < 1.29 is 29.7 Å². The Morgan fingerprint density at radius 1 is 0.719 bits per heavy atom. The quantitative estimate of drug-likeness (QED) is 0.283. The standard InChI is InChI=1S/C24H28O6S2/c25-22(26)4-2-1-3-21(32-16-18-7-11-20(12-8-18)24(29)30)13-14-31-15-17-5-9-19(10-6-17)23(27)28/h5-12,21H,1-4,13-16H2,(H,25,26)(H,27,28)(H,29,30). The Morgan fingerprint density at radius 2 is 1.25 bits per heavy atom. The van der Waals surface area contributed by atoms with Gasteiger partial charge in [0.25, 0.3) is 0 Å². The van der Waals surface area contributed by atoms with Gasteiger partial charge in [0.05, 0.1) is 11.1 Å². The molecule has 2 aromatic carbocycles. The van der Waals surface area contributed by atoms with Crippen LogP contribution in [0.5, 0.6) is 0 Å². The Bertz CT molecular complexity index is 880. The zero-order valence-corrected chi connectivity index (χ0v) is 19.4. The van der Waals surface area contributed by atoms with E-state index in [1.807, 2.05) is 36.0 Å². The molecule has 0 spiro atoms. The Balaban J connectivity index is 1.81. The van der Waals surface area contributed by atoms with Gasteiger partial charge in [0.1, 0.15) is 0 Å². The number of thioether (sulfide) groups is 2. The van der Waals surface area contributed by atoms with Crippen molar-refractivity contribution in [2.75, 3.05) is 5.75 Å². The predicted octanol–water partition coefficient (Wildman–Crippen LogP) is 5.65. The van der Waals surface area contributed by atoms with E-state index in [1.165, 1.54) is 0 Å². The average molecular weight is 477 g/mol. The van der Waals surface area contributed by atoms with Gasteiger partial charge in [-0.25, -0.2) is 9.59 Å². The zero-order valence-electron chi connectivity index (χ0n) is 17.7. The van der Waals surface area contributed by atoms with Crippen LogP contribution in [-0.2, 0) is 16.3 Å². The van der Waals surface area contributed by atoms with E-state index in [4.69, 9.17) is 15.3 Å². The van der Waals surface area contributed by atoms with Crippen molar-refractivity contribution in [2.45, 2.75) is 48.9 Å². The molecule has 0 bridgehead atoms. The maximum Gasteiger partial charge on any atom is 0.335 e. The first-order valence-corrected chi connectivity index (χ1v) is 12.6. The van der Waals surface area contributed by atoms with Crippen LogP contribution in [0.15, 0.2) is 48.5 Å². The lowest BCUT2D eigenvalue weighted by atomic mass is 10.1. The maximum absolute atomic E-state index is 11.0. The first-order chi connectivity index (χ1) is 15.3. The third-order valence-electron chi connectivity index (χ3n) is 4.91. The van der Waals surface area contributed by atoms with Crippen molar-refractivity contribution in [3.63, 3.8) is 0 Å². The van der Waals surface area contributed by atoms with E-state index in [9.17, 15) is 14.4 Å². The molecule has 0 fully saturated rings. The lowest BCUT2D eigenvalue weighted by Gasteiger charge is -2.16. The van der Waals surface area contributed by atoms with Gasteiger partial charge in [-0.05, 0) is 60.4 Å². The number of benzene rings is 2. The molecule has 0 saturated carbocycles. The van der Waals surface area contributed by atoms with Gasteiger partial charge in [-0.1, -0.05) is 30.7 Å². The number of unbranched alkanes of at least 4 members (excludes halogenated alkanes) is 1. The van der Waals surface area contributed by atoms with E-state index in [-0.39, 0.29) is 17.5 Å². The van der Waals surface area contributed by atoms with Gasteiger partial charge in [0, 0.05) is 23.2 Å². The Morgan fingerprint density at radius 3 is 1.75 bits per heavy atom. The fourth-order valence-corrected chi connectivity index (χ4v) is 5.48. The normalized spacial score (nSPS) is 11.8. The van der Waals surface area contributed by atoms with E-state index in [0.717, 1.165) is 47.6 Å². The van der Waals surface area contributed by atoms with Gasteiger partial charge in [0.2, 0.25) is 0 Å². The van der Waals surface area contributed by atoms with Crippen LogP contribution >= 0.6 is 23.5 Å². The number of carboxylic acid groups (broad SMARTS) is 3. The molecule has 0 aliphatic rings. The summed E-state index contributed by atoms with van der Waals surface area (Å²) in [5.41, 5.74) is 2.72. The van der Waals surface area contributed by atoms with Crippen molar-refractivity contribution >= 4 is 41.4 Å². The van der Waals surface area contributed by atoms with Gasteiger partial charge < -0.3 is 15.3 Å². The second kappa shape index (κ2) is 13.9. The van der Waals surface area contributed by atoms with Crippen molar-refractivity contribution in [3.05, 3.63) is 70.8 Å². The van der Waals surface area contributed by atoms with Gasteiger partial charge >= 0.3 is 17.9 Å². The molecule has 0 amide bonds. The van der Waals surface area contributed by atoms with E-state index in [0.29, 0.717) is 11.7 Å². The van der Waals surface area contributed by atoms with Crippen LogP contribution in [0.25, 0.3) is 0 Å². The Hall–Kier alpha value is -2.45. The molecule has 0 aliphatic heterocycles. The number of carboxylic acids is 3. The van der Waals surface area contributed by atoms with Crippen molar-refractivity contribution in [2.24, 2.45) is 0 Å². The summed E-state index contributed by atoms with van der Waals surface area (Å²) in [6.45, 7) is 0. The molecule has 1 unspecified atom stereocenters. The van der Waals surface area contributed by atoms with E-state index in [2.05, 4.69) is 0 Å². The van der Waals surface area contributed by atoms with Crippen LogP contribution in [0.1, 0.15) is 63.9 Å². The number of carbonyl (C=O) groups is 3. The molecular weight excluding hydrogens is 448 g/mol. The molecule has 172 valence electrons. The highest BCUT2D eigenvalue weighted by Gasteiger charge is 2.11. The highest BCUT2D eigenvalue weighted by Crippen LogP contribution is 2.27. The lowest BCUT2D eigenvalue weighted by molar-refractivity contribution is -0.137. The monoisotopic (exact) mass is 476 g/mol. The minimum Gasteiger partial charge on any atom is -0.481 e. The molecule has 3 N–H and O–H groups in total. The fourth-order valence-electron chi connectivity index (χ4n) is 3.07. The van der Waals surface area contributed by atoms with Gasteiger partial charge in [0.15, 0.2) is 0 Å². The Labute approximate surface area is 196 Å². The van der Waals surface area contributed by atoms with E-state index in [1.54, 1.807) is 36.0 Å². The first-order valence-electron chi connectivity index (χ1n) is 10.4. The SMILES string of the molecule is O=C(O)CCCCC(CCSCc1ccc(C(=O)O)cc1)SCc1ccc(C(=O)O)cc1. The van der Waals surface area contributed by atoms with Gasteiger partial charge in [-0.2, -0.15) is 23.5 Å². The van der Waals surface area contributed by atoms with Crippen LogP contribution < -0.4 is 0 Å². The largest absolute Gasteiger partial charge is 0.481 e. The molecule has 2 rings (SSSR count). The highest BCUT2D eigenvalue weighted by atomic mass is 32.2. The summed E-state index contributed by atoms with van der Waals surface area (Å²) in [6.07, 6.45) is 3.66. The third kappa shape index (κ3) is 9.78. The van der Waals surface area contributed by atoms with Crippen molar-refractivity contribution in [3.8, 4) is 0 Å². The molecule has 8 heteroatoms. The van der Waals surface area contributed by atoms with Crippen LogP contribution in [0, 0.1) is 0 Å². The molecular formula is C24H28O6S2. The summed E-state index contributed by atoms with van der Waals surface area (Å²) in [5.74, 6) is -0.0793. The average Bonchev–Trinajstić information content (AvgIpc) is 2.77. The first kappa shape index (κ1) is 25.8. The number of hydrogen-bond donors (Lipinski definition) is 3. The number of rotatable bonds is 15. The summed E-state index contributed by atoms with van der Waals surface area (Å²) in [6, 6.07) is 13.8. The third-order valence-corrected chi connectivity index (χ3v) is 7.41.